The Bertz CT molecular complexity index is 599. The van der Waals surface area contributed by atoms with Crippen molar-refractivity contribution in [2.24, 2.45) is 0 Å². The Kier molecular flexibility index (Phi) is 4.98. The van der Waals surface area contributed by atoms with Gasteiger partial charge in [0.2, 0.25) is 0 Å². The number of carbonyl (C=O) groups excluding carboxylic acids is 2. The first-order valence-corrected chi connectivity index (χ1v) is 6.88. The number of hydrogen-bond acceptors (Lipinski definition) is 6. The molecule has 0 spiro atoms. The van der Waals surface area contributed by atoms with Crippen molar-refractivity contribution >= 4 is 33.6 Å². The van der Waals surface area contributed by atoms with Crippen LogP contribution in [0, 0.1) is 0 Å². The Morgan fingerprint density at radius 2 is 1.95 bits per heavy atom. The van der Waals surface area contributed by atoms with Crippen LogP contribution in [0.25, 0.3) is 0 Å². The normalized spacial score (nSPS) is 14.9. The molecule has 0 fully saturated rings. The summed E-state index contributed by atoms with van der Waals surface area (Å²) in [7, 11) is 2.51. The summed E-state index contributed by atoms with van der Waals surface area (Å²) in [4.78, 5) is 25.5. The van der Waals surface area contributed by atoms with Crippen LogP contribution in [0.5, 0.6) is 0 Å². The highest BCUT2D eigenvalue weighted by Crippen LogP contribution is 2.28. The third kappa shape index (κ3) is 3.25. The third-order valence-electron chi connectivity index (χ3n) is 2.95. The first-order chi connectivity index (χ1) is 10.1. The van der Waals surface area contributed by atoms with Gasteiger partial charge in [0.05, 0.1) is 26.4 Å². The Morgan fingerprint density at radius 1 is 1.24 bits per heavy atom. The van der Waals surface area contributed by atoms with Crippen LogP contribution in [0.15, 0.2) is 40.0 Å². The standard InChI is InChI=1S/C14H14BrNO5/c1-19-13(17)11-7-21-8-16(12(11)14(18)20-2)10-5-3-4-9(15)6-10/h3-6H,7-8H2,1-2H3. The average Bonchev–Trinajstić information content (AvgIpc) is 2.52. The zero-order valence-corrected chi connectivity index (χ0v) is 13.2. The monoisotopic (exact) mass is 355 g/mol. The molecule has 0 N–H and O–H groups in total. The number of carbonyl (C=O) groups is 2. The van der Waals surface area contributed by atoms with Gasteiger partial charge in [-0.3, -0.25) is 0 Å². The van der Waals surface area contributed by atoms with E-state index < -0.39 is 11.9 Å². The third-order valence-corrected chi connectivity index (χ3v) is 3.45. The minimum Gasteiger partial charge on any atom is -0.466 e. The fraction of sp³-hybridized carbons (Fsp3) is 0.286. The highest BCUT2D eigenvalue weighted by molar-refractivity contribution is 9.10. The summed E-state index contributed by atoms with van der Waals surface area (Å²) >= 11 is 3.37. The molecule has 0 radical (unpaired) electrons. The van der Waals surface area contributed by atoms with Gasteiger partial charge in [-0.25, -0.2) is 9.59 Å². The number of methoxy groups -OCH3 is 2. The molecule has 7 heteroatoms. The van der Waals surface area contributed by atoms with Gasteiger partial charge in [0.1, 0.15) is 12.4 Å². The van der Waals surface area contributed by atoms with Crippen LogP contribution in [-0.4, -0.2) is 39.5 Å². The maximum atomic E-state index is 12.1. The van der Waals surface area contributed by atoms with Crippen molar-refractivity contribution in [1.82, 2.24) is 0 Å². The van der Waals surface area contributed by atoms with Gasteiger partial charge in [-0.2, -0.15) is 0 Å². The molecule has 0 amide bonds. The Labute approximate surface area is 130 Å². The fourth-order valence-corrected chi connectivity index (χ4v) is 2.38. The van der Waals surface area contributed by atoms with Crippen molar-refractivity contribution in [2.45, 2.75) is 0 Å². The van der Waals surface area contributed by atoms with Gasteiger partial charge in [0.25, 0.3) is 0 Å². The van der Waals surface area contributed by atoms with Crippen LogP contribution in [0.4, 0.5) is 5.69 Å². The quantitative estimate of drug-likeness (QED) is 0.771. The number of anilines is 1. The molecule has 1 aromatic rings. The topological polar surface area (TPSA) is 65.1 Å². The fourth-order valence-electron chi connectivity index (χ4n) is 1.99. The summed E-state index contributed by atoms with van der Waals surface area (Å²) in [6.07, 6.45) is 0. The van der Waals surface area contributed by atoms with Gasteiger partial charge < -0.3 is 19.1 Å². The second-order valence-corrected chi connectivity index (χ2v) is 5.11. The number of benzene rings is 1. The number of nitrogens with zero attached hydrogens (tertiary/aromatic N) is 1. The molecule has 1 aliphatic heterocycles. The second-order valence-electron chi connectivity index (χ2n) is 4.20. The molecule has 1 aromatic carbocycles. The van der Waals surface area contributed by atoms with E-state index in [1.54, 1.807) is 11.0 Å². The molecule has 0 bridgehead atoms. The molecule has 21 heavy (non-hydrogen) atoms. The van der Waals surface area contributed by atoms with Gasteiger partial charge in [0.15, 0.2) is 0 Å². The molecule has 6 nitrogen and oxygen atoms in total. The predicted molar refractivity (Wildman–Crippen MR) is 78.5 cm³/mol. The van der Waals surface area contributed by atoms with Crippen molar-refractivity contribution in [2.75, 3.05) is 32.5 Å². The van der Waals surface area contributed by atoms with Crippen molar-refractivity contribution in [3.05, 3.63) is 40.0 Å². The molecule has 0 unspecified atom stereocenters. The van der Waals surface area contributed by atoms with Crippen LogP contribution in [0.2, 0.25) is 0 Å². The minimum absolute atomic E-state index is 0.00160. The Hall–Kier alpha value is -1.86. The molecule has 1 aliphatic rings. The summed E-state index contributed by atoms with van der Waals surface area (Å²) in [5.74, 6) is -1.23. The maximum Gasteiger partial charge on any atom is 0.355 e. The van der Waals surface area contributed by atoms with E-state index >= 15 is 0 Å². The average molecular weight is 356 g/mol. The van der Waals surface area contributed by atoms with Crippen molar-refractivity contribution < 1.29 is 23.8 Å². The van der Waals surface area contributed by atoms with Crippen molar-refractivity contribution in [1.29, 1.82) is 0 Å². The highest BCUT2D eigenvalue weighted by atomic mass is 79.9. The van der Waals surface area contributed by atoms with E-state index in [9.17, 15) is 9.59 Å². The molecular weight excluding hydrogens is 342 g/mol. The number of halogens is 1. The number of esters is 2. The molecule has 1 heterocycles. The molecule has 0 atom stereocenters. The molecule has 0 saturated carbocycles. The van der Waals surface area contributed by atoms with E-state index in [-0.39, 0.29) is 24.6 Å². The lowest BCUT2D eigenvalue weighted by molar-refractivity contribution is -0.140. The molecule has 0 aromatic heterocycles. The molecule has 0 aliphatic carbocycles. The zero-order valence-electron chi connectivity index (χ0n) is 11.6. The van der Waals surface area contributed by atoms with Crippen LogP contribution in [0.3, 0.4) is 0 Å². The summed E-state index contributed by atoms with van der Waals surface area (Å²) in [5.41, 5.74) is 0.968. The molecule has 2 rings (SSSR count). The van der Waals surface area contributed by atoms with Crippen molar-refractivity contribution in [3.63, 3.8) is 0 Å². The number of hydrogen-bond donors (Lipinski definition) is 0. The van der Waals surface area contributed by atoms with Gasteiger partial charge >= 0.3 is 11.9 Å². The molecular formula is C14H14BrNO5. The number of ether oxygens (including phenoxy) is 3. The van der Waals surface area contributed by atoms with Gasteiger partial charge in [-0.1, -0.05) is 22.0 Å². The van der Waals surface area contributed by atoms with Crippen molar-refractivity contribution in [3.8, 4) is 0 Å². The number of rotatable bonds is 3. The van der Waals surface area contributed by atoms with Gasteiger partial charge in [0, 0.05) is 10.2 Å². The van der Waals surface area contributed by atoms with E-state index in [2.05, 4.69) is 15.9 Å². The second kappa shape index (κ2) is 6.73. The summed E-state index contributed by atoms with van der Waals surface area (Å²) < 4.78 is 15.7. The van der Waals surface area contributed by atoms with Crippen LogP contribution < -0.4 is 4.90 Å². The SMILES string of the molecule is COC(=O)C1=C(C(=O)OC)N(c2cccc(Br)c2)COC1. The highest BCUT2D eigenvalue weighted by Gasteiger charge is 2.32. The lowest BCUT2D eigenvalue weighted by Gasteiger charge is -2.31. The first kappa shape index (κ1) is 15.5. The summed E-state index contributed by atoms with van der Waals surface area (Å²) in [6, 6.07) is 7.29. The first-order valence-electron chi connectivity index (χ1n) is 6.09. The van der Waals surface area contributed by atoms with Crippen LogP contribution >= 0.6 is 15.9 Å². The predicted octanol–water partition coefficient (Wildman–Crippen LogP) is 1.84. The molecule has 0 saturated heterocycles. The Morgan fingerprint density at radius 3 is 2.57 bits per heavy atom. The van der Waals surface area contributed by atoms with E-state index in [1.807, 2.05) is 18.2 Å². The lowest BCUT2D eigenvalue weighted by atomic mass is 10.1. The maximum absolute atomic E-state index is 12.1. The van der Waals surface area contributed by atoms with Gasteiger partial charge in [-0.15, -0.1) is 0 Å². The minimum atomic E-state index is -0.616. The van der Waals surface area contributed by atoms with E-state index in [4.69, 9.17) is 14.2 Å². The lowest BCUT2D eigenvalue weighted by Crippen LogP contribution is -2.38. The van der Waals surface area contributed by atoms with E-state index in [0.717, 1.165) is 4.47 Å². The smallest absolute Gasteiger partial charge is 0.355 e. The summed E-state index contributed by atoms with van der Waals surface area (Å²) in [5, 5.41) is 0. The van der Waals surface area contributed by atoms with E-state index in [1.165, 1.54) is 14.2 Å². The Balaban J connectivity index is 2.53. The van der Waals surface area contributed by atoms with Crippen LogP contribution in [0.1, 0.15) is 0 Å². The largest absolute Gasteiger partial charge is 0.466 e. The van der Waals surface area contributed by atoms with Gasteiger partial charge in [-0.05, 0) is 18.2 Å². The zero-order chi connectivity index (χ0) is 15.4. The molecule has 112 valence electrons. The van der Waals surface area contributed by atoms with Crippen LogP contribution in [-0.2, 0) is 23.8 Å². The summed E-state index contributed by atoms with van der Waals surface area (Å²) in [6.45, 7) is 0.142. The van der Waals surface area contributed by atoms with E-state index in [0.29, 0.717) is 5.69 Å².